The molecule has 1 heterocycles. The molecule has 0 unspecified atom stereocenters. The average Bonchev–Trinajstić information content (AvgIpc) is 2.27. The van der Waals surface area contributed by atoms with Crippen LogP contribution in [0.1, 0.15) is 16.1 Å². The Morgan fingerprint density at radius 3 is 2.56 bits per heavy atom. The van der Waals surface area contributed by atoms with Crippen molar-refractivity contribution < 1.29 is 13.2 Å². The minimum absolute atomic E-state index is 0.0730. The SMILES string of the molecule is NC(=S)c1ccc(C(=O)NCCS(N)(=O)=O)nc1. The number of primary sulfonamides is 1. The number of nitrogens with two attached hydrogens (primary N) is 2. The summed E-state index contributed by atoms with van der Waals surface area (Å²) in [5.74, 6) is -0.822. The summed E-state index contributed by atoms with van der Waals surface area (Å²) in [6, 6.07) is 3.00. The molecule has 0 saturated heterocycles. The first-order valence-electron chi connectivity index (χ1n) is 4.84. The van der Waals surface area contributed by atoms with E-state index in [1.807, 2.05) is 0 Å². The van der Waals surface area contributed by atoms with Crippen LogP contribution in [0.3, 0.4) is 0 Å². The fraction of sp³-hybridized carbons (Fsp3) is 0.222. The van der Waals surface area contributed by atoms with Gasteiger partial charge in [0.05, 0.1) is 5.75 Å². The number of pyridine rings is 1. The lowest BCUT2D eigenvalue weighted by Crippen LogP contribution is -2.32. The van der Waals surface area contributed by atoms with E-state index in [4.69, 9.17) is 23.1 Å². The maximum absolute atomic E-state index is 11.5. The van der Waals surface area contributed by atoms with Gasteiger partial charge in [-0.2, -0.15) is 0 Å². The summed E-state index contributed by atoms with van der Waals surface area (Å²) < 4.78 is 21.3. The first kappa shape index (κ1) is 14.5. The first-order valence-corrected chi connectivity index (χ1v) is 6.96. The van der Waals surface area contributed by atoms with Gasteiger partial charge in [0.15, 0.2) is 0 Å². The number of carbonyl (C=O) groups excluding carboxylic acids is 1. The molecule has 1 aromatic rings. The van der Waals surface area contributed by atoms with Gasteiger partial charge in [-0.15, -0.1) is 0 Å². The number of nitrogens with zero attached hydrogens (tertiary/aromatic N) is 1. The van der Waals surface area contributed by atoms with Crippen molar-refractivity contribution in [3.63, 3.8) is 0 Å². The zero-order chi connectivity index (χ0) is 13.8. The Kier molecular flexibility index (Phi) is 4.70. The van der Waals surface area contributed by atoms with Gasteiger partial charge < -0.3 is 11.1 Å². The summed E-state index contributed by atoms with van der Waals surface area (Å²) in [5.41, 5.74) is 6.07. The Balaban J connectivity index is 2.59. The number of sulfonamides is 1. The van der Waals surface area contributed by atoms with E-state index in [-0.39, 0.29) is 23.0 Å². The summed E-state index contributed by atoms with van der Waals surface area (Å²) in [7, 11) is -3.59. The van der Waals surface area contributed by atoms with Crippen LogP contribution in [-0.4, -0.2) is 36.6 Å². The van der Waals surface area contributed by atoms with Crippen molar-refractivity contribution in [3.05, 3.63) is 29.6 Å². The van der Waals surface area contributed by atoms with Gasteiger partial charge in [-0.25, -0.2) is 13.6 Å². The minimum atomic E-state index is -3.59. The smallest absolute Gasteiger partial charge is 0.269 e. The van der Waals surface area contributed by atoms with E-state index in [1.54, 1.807) is 6.07 Å². The number of hydrogen-bond acceptors (Lipinski definition) is 5. The summed E-state index contributed by atoms with van der Waals surface area (Å²) in [6.07, 6.45) is 1.37. The van der Waals surface area contributed by atoms with Gasteiger partial charge in [0.25, 0.3) is 5.91 Å². The molecule has 18 heavy (non-hydrogen) atoms. The highest BCUT2D eigenvalue weighted by Crippen LogP contribution is 2.00. The second-order valence-corrected chi connectivity index (χ2v) is 5.59. The molecule has 5 N–H and O–H groups in total. The van der Waals surface area contributed by atoms with Crippen LogP contribution in [0, 0.1) is 0 Å². The van der Waals surface area contributed by atoms with Gasteiger partial charge in [-0.3, -0.25) is 9.78 Å². The van der Waals surface area contributed by atoms with E-state index in [9.17, 15) is 13.2 Å². The van der Waals surface area contributed by atoms with Crippen LogP contribution in [0.25, 0.3) is 0 Å². The molecule has 0 saturated carbocycles. The molecule has 7 nitrogen and oxygen atoms in total. The predicted octanol–water partition coefficient (Wildman–Crippen LogP) is -1.27. The van der Waals surface area contributed by atoms with E-state index in [0.29, 0.717) is 5.56 Å². The first-order chi connectivity index (χ1) is 8.29. The molecule has 1 aromatic heterocycles. The molecule has 0 radical (unpaired) electrons. The van der Waals surface area contributed by atoms with Crippen LogP contribution in [0.2, 0.25) is 0 Å². The number of hydrogen-bond donors (Lipinski definition) is 3. The molecule has 9 heteroatoms. The summed E-state index contributed by atoms with van der Waals surface area (Å²) in [6.45, 7) is -0.0730. The van der Waals surface area contributed by atoms with Crippen LogP contribution < -0.4 is 16.2 Å². The van der Waals surface area contributed by atoms with Crippen molar-refractivity contribution >= 4 is 33.1 Å². The van der Waals surface area contributed by atoms with Crippen molar-refractivity contribution in [2.45, 2.75) is 0 Å². The number of aromatic nitrogens is 1. The fourth-order valence-corrected chi connectivity index (χ4v) is 1.58. The second kappa shape index (κ2) is 5.85. The Morgan fingerprint density at radius 2 is 2.11 bits per heavy atom. The van der Waals surface area contributed by atoms with Crippen LogP contribution in [-0.2, 0) is 10.0 Å². The Morgan fingerprint density at radius 1 is 1.44 bits per heavy atom. The molecule has 0 aromatic carbocycles. The lowest BCUT2D eigenvalue weighted by Gasteiger charge is -2.04. The number of carbonyl (C=O) groups is 1. The molecule has 0 aliphatic rings. The number of rotatable bonds is 5. The highest BCUT2D eigenvalue weighted by atomic mass is 32.2. The molecular weight excluding hydrogens is 276 g/mol. The molecule has 0 bridgehead atoms. The lowest BCUT2D eigenvalue weighted by atomic mass is 10.2. The minimum Gasteiger partial charge on any atom is -0.389 e. The normalized spacial score (nSPS) is 10.9. The van der Waals surface area contributed by atoms with Gasteiger partial charge in [0, 0.05) is 18.3 Å². The molecule has 0 atom stereocenters. The number of amides is 1. The van der Waals surface area contributed by atoms with Crippen LogP contribution in [0.15, 0.2) is 18.3 Å². The van der Waals surface area contributed by atoms with Crippen LogP contribution in [0.4, 0.5) is 0 Å². The van der Waals surface area contributed by atoms with Gasteiger partial charge in [0.2, 0.25) is 10.0 Å². The molecule has 0 aliphatic carbocycles. The van der Waals surface area contributed by atoms with Gasteiger partial charge >= 0.3 is 0 Å². The maximum atomic E-state index is 11.5. The zero-order valence-electron chi connectivity index (χ0n) is 9.29. The standard InChI is InChI=1S/C9H12N4O3S2/c10-8(17)6-1-2-7(13-5-6)9(14)12-3-4-18(11,15)16/h1-2,5H,3-4H2,(H2,10,17)(H,12,14)(H2,11,15,16). The van der Waals surface area contributed by atoms with E-state index in [0.717, 1.165) is 0 Å². The Hall–Kier alpha value is -1.58. The van der Waals surface area contributed by atoms with Crippen LogP contribution >= 0.6 is 12.2 Å². The Bertz CT molecular complexity index is 554. The highest BCUT2D eigenvalue weighted by molar-refractivity contribution is 7.89. The van der Waals surface area contributed by atoms with E-state index >= 15 is 0 Å². The molecule has 0 fully saturated rings. The third-order valence-electron chi connectivity index (χ3n) is 1.95. The topological polar surface area (TPSA) is 128 Å². The van der Waals surface area contributed by atoms with E-state index in [1.165, 1.54) is 12.3 Å². The van der Waals surface area contributed by atoms with Crippen LogP contribution in [0.5, 0.6) is 0 Å². The molecular formula is C9H12N4O3S2. The van der Waals surface area contributed by atoms with Gasteiger partial charge in [-0.05, 0) is 12.1 Å². The highest BCUT2D eigenvalue weighted by Gasteiger charge is 2.09. The van der Waals surface area contributed by atoms with Crippen molar-refractivity contribution in [1.29, 1.82) is 0 Å². The Labute approximate surface area is 110 Å². The maximum Gasteiger partial charge on any atom is 0.269 e. The third kappa shape index (κ3) is 4.73. The molecule has 1 amide bonds. The molecule has 98 valence electrons. The van der Waals surface area contributed by atoms with E-state index < -0.39 is 15.9 Å². The number of thiocarbonyl (C=S) groups is 1. The largest absolute Gasteiger partial charge is 0.389 e. The number of nitrogens with one attached hydrogen (secondary N) is 1. The summed E-state index contributed by atoms with van der Waals surface area (Å²) in [4.78, 5) is 15.6. The lowest BCUT2D eigenvalue weighted by molar-refractivity contribution is 0.0951. The van der Waals surface area contributed by atoms with Crippen molar-refractivity contribution in [3.8, 4) is 0 Å². The monoisotopic (exact) mass is 288 g/mol. The molecule has 1 rings (SSSR count). The summed E-state index contributed by atoms with van der Waals surface area (Å²) in [5, 5.41) is 7.17. The van der Waals surface area contributed by atoms with Gasteiger partial charge in [-0.1, -0.05) is 12.2 Å². The van der Waals surface area contributed by atoms with Crippen molar-refractivity contribution in [2.75, 3.05) is 12.3 Å². The second-order valence-electron chi connectivity index (χ2n) is 3.42. The van der Waals surface area contributed by atoms with Crippen molar-refractivity contribution in [2.24, 2.45) is 10.9 Å². The zero-order valence-corrected chi connectivity index (χ0v) is 10.9. The van der Waals surface area contributed by atoms with Crippen molar-refractivity contribution in [1.82, 2.24) is 10.3 Å². The average molecular weight is 288 g/mol. The molecule has 0 aliphatic heterocycles. The fourth-order valence-electron chi connectivity index (χ4n) is 1.07. The predicted molar refractivity (Wildman–Crippen MR) is 70.4 cm³/mol. The summed E-state index contributed by atoms with van der Waals surface area (Å²) >= 11 is 4.74. The van der Waals surface area contributed by atoms with Gasteiger partial charge in [0.1, 0.15) is 10.7 Å². The quantitative estimate of drug-likeness (QED) is 0.580. The molecule has 0 spiro atoms. The third-order valence-corrected chi connectivity index (χ3v) is 2.96. The van der Waals surface area contributed by atoms with E-state index in [2.05, 4.69) is 10.3 Å².